The Morgan fingerprint density at radius 2 is 2.03 bits per heavy atom. The monoisotopic (exact) mass is 485 g/mol. The van der Waals surface area contributed by atoms with Crippen molar-refractivity contribution < 1.29 is 24.4 Å². The third-order valence-electron chi connectivity index (χ3n) is 7.52. The highest BCUT2D eigenvalue weighted by atomic mass is 35.5. The van der Waals surface area contributed by atoms with Gasteiger partial charge in [0, 0.05) is 6.54 Å². The van der Waals surface area contributed by atoms with Crippen LogP contribution >= 0.6 is 11.6 Å². The lowest BCUT2D eigenvalue weighted by atomic mass is 9.59. The van der Waals surface area contributed by atoms with Crippen LogP contribution in [0, 0.1) is 17.8 Å². The van der Waals surface area contributed by atoms with Gasteiger partial charge >= 0.3 is 7.12 Å². The van der Waals surface area contributed by atoms with Gasteiger partial charge in [-0.3, -0.25) is 14.5 Å². The van der Waals surface area contributed by atoms with Crippen LogP contribution in [0.2, 0.25) is 11.3 Å². The molecule has 2 saturated heterocycles. The second kappa shape index (κ2) is 10.3. The number of amides is 2. The van der Waals surface area contributed by atoms with E-state index in [2.05, 4.69) is 6.92 Å². The summed E-state index contributed by atoms with van der Waals surface area (Å²) in [6, 6.07) is 4.94. The highest BCUT2D eigenvalue weighted by Gasteiger charge is 2.56. The Morgan fingerprint density at radius 1 is 1.26 bits per heavy atom. The lowest BCUT2D eigenvalue weighted by Crippen LogP contribution is -2.46. The number of fused-ring (bicyclic) bond motifs is 3. The maximum atomic E-state index is 13.2. The largest absolute Gasteiger partial charge is 0.508 e. The molecule has 34 heavy (non-hydrogen) atoms. The van der Waals surface area contributed by atoms with Crippen molar-refractivity contribution in [3.63, 3.8) is 0 Å². The number of phenols is 1. The Balaban J connectivity index is 1.56. The number of carbonyl (C=O) groups is 2. The standard InChI is InChI=1S/C26H33BClNO5/c1-4-10-29-25(31)19-11-15(3)23-20(24(19)26(29)32)14-27(33)34-22(23)9-6-16(5-2)12-17-7-8-18(30)13-21(17)28/h7-8,12-13,19-20,22,24,30,33H,4-6,9-11,14H2,1-3H3/b16-12+/t19-,20+,22-,24-/m1/s1. The molecule has 8 heteroatoms. The van der Waals surface area contributed by atoms with Gasteiger partial charge in [-0.05, 0) is 80.6 Å². The minimum Gasteiger partial charge on any atom is -0.508 e. The Morgan fingerprint density at radius 3 is 2.71 bits per heavy atom. The van der Waals surface area contributed by atoms with Gasteiger partial charge in [-0.25, -0.2) is 0 Å². The molecule has 1 aromatic rings. The molecule has 0 saturated carbocycles. The summed E-state index contributed by atoms with van der Waals surface area (Å²) >= 11 is 6.29. The van der Waals surface area contributed by atoms with Crippen molar-refractivity contribution in [3.05, 3.63) is 45.5 Å². The molecule has 0 bridgehead atoms. The number of rotatable bonds is 7. The predicted molar refractivity (Wildman–Crippen MR) is 133 cm³/mol. The first-order chi connectivity index (χ1) is 16.2. The molecule has 4 rings (SSSR count). The van der Waals surface area contributed by atoms with E-state index in [1.165, 1.54) is 16.5 Å². The third kappa shape index (κ3) is 4.70. The first-order valence-corrected chi connectivity index (χ1v) is 12.7. The first kappa shape index (κ1) is 25.0. The molecular weight excluding hydrogens is 453 g/mol. The van der Waals surface area contributed by atoms with Crippen LogP contribution < -0.4 is 0 Å². The Labute approximate surface area is 206 Å². The van der Waals surface area contributed by atoms with Crippen molar-refractivity contribution in [1.29, 1.82) is 0 Å². The van der Waals surface area contributed by atoms with Gasteiger partial charge in [-0.2, -0.15) is 0 Å². The predicted octanol–water partition coefficient (Wildman–Crippen LogP) is 4.85. The van der Waals surface area contributed by atoms with Crippen LogP contribution in [0.1, 0.15) is 58.4 Å². The van der Waals surface area contributed by atoms with E-state index in [1.807, 2.05) is 19.9 Å². The molecule has 0 spiro atoms. The van der Waals surface area contributed by atoms with Crippen molar-refractivity contribution in [2.75, 3.05) is 6.54 Å². The van der Waals surface area contributed by atoms with E-state index in [-0.39, 0.29) is 35.5 Å². The first-order valence-electron chi connectivity index (χ1n) is 12.3. The number of halogens is 1. The molecule has 2 fully saturated rings. The lowest BCUT2D eigenvalue weighted by molar-refractivity contribution is -0.140. The van der Waals surface area contributed by atoms with Gasteiger partial charge in [-0.1, -0.05) is 42.7 Å². The zero-order valence-electron chi connectivity index (χ0n) is 20.1. The summed E-state index contributed by atoms with van der Waals surface area (Å²) in [5, 5.41) is 20.7. The van der Waals surface area contributed by atoms with Crippen LogP contribution in [0.25, 0.3) is 6.08 Å². The van der Waals surface area contributed by atoms with Gasteiger partial charge in [0.25, 0.3) is 0 Å². The van der Waals surface area contributed by atoms with Crippen LogP contribution in [-0.4, -0.2) is 46.6 Å². The molecule has 1 aromatic carbocycles. The zero-order valence-corrected chi connectivity index (χ0v) is 20.8. The summed E-state index contributed by atoms with van der Waals surface area (Å²) < 4.78 is 6.00. The molecule has 182 valence electrons. The number of hydrogen-bond acceptors (Lipinski definition) is 5. The summed E-state index contributed by atoms with van der Waals surface area (Å²) in [6.07, 6.45) is 5.68. The average Bonchev–Trinajstić information content (AvgIpc) is 3.02. The summed E-state index contributed by atoms with van der Waals surface area (Å²) in [4.78, 5) is 27.6. The van der Waals surface area contributed by atoms with Crippen molar-refractivity contribution in [3.8, 4) is 5.75 Å². The summed E-state index contributed by atoms with van der Waals surface area (Å²) in [5.74, 6) is -0.888. The van der Waals surface area contributed by atoms with Gasteiger partial charge in [0.1, 0.15) is 5.75 Å². The fourth-order valence-corrected chi connectivity index (χ4v) is 6.18. The van der Waals surface area contributed by atoms with Crippen molar-refractivity contribution in [1.82, 2.24) is 4.90 Å². The van der Waals surface area contributed by atoms with Gasteiger partial charge in [0.05, 0.1) is 23.0 Å². The number of carbonyl (C=O) groups excluding carboxylic acids is 2. The summed E-state index contributed by atoms with van der Waals surface area (Å²) in [7, 11) is -0.950. The topological polar surface area (TPSA) is 87.1 Å². The molecule has 0 aromatic heterocycles. The van der Waals surface area contributed by atoms with E-state index in [9.17, 15) is 19.7 Å². The van der Waals surface area contributed by atoms with Crippen molar-refractivity contribution in [2.24, 2.45) is 17.8 Å². The molecule has 0 radical (unpaired) electrons. The molecule has 1 aliphatic carbocycles. The Bertz CT molecular complexity index is 1040. The summed E-state index contributed by atoms with van der Waals surface area (Å²) in [5.41, 5.74) is 4.25. The maximum Gasteiger partial charge on any atom is 0.455 e. The molecule has 2 amide bonds. The van der Waals surface area contributed by atoms with E-state index in [0.717, 1.165) is 36.0 Å². The zero-order chi connectivity index (χ0) is 24.6. The number of hydrogen-bond donors (Lipinski definition) is 2. The molecule has 2 heterocycles. The fraction of sp³-hybridized carbons (Fsp3) is 0.538. The normalized spacial score (nSPS) is 27.4. The quantitative estimate of drug-likeness (QED) is 0.328. The SMILES string of the molecule is CCCN1C(=O)[C@@H]2[C@@H](CC(C)=C3[C@@H](CC/C(=C/c4ccc(O)cc4Cl)CC)OB(O)C[C@@H]32)C1=O. The number of likely N-dealkylation sites (tertiary alicyclic amines) is 1. The van der Waals surface area contributed by atoms with E-state index < -0.39 is 13.0 Å². The Kier molecular flexibility index (Phi) is 7.55. The van der Waals surface area contributed by atoms with Crippen molar-refractivity contribution >= 4 is 36.6 Å². The number of aromatic hydroxyl groups is 1. The van der Waals surface area contributed by atoms with E-state index in [0.29, 0.717) is 30.7 Å². The van der Waals surface area contributed by atoms with Gasteiger partial charge in [0.2, 0.25) is 11.8 Å². The fourth-order valence-electron chi connectivity index (χ4n) is 5.95. The molecule has 2 aliphatic heterocycles. The maximum absolute atomic E-state index is 13.2. The second-order valence-electron chi connectivity index (χ2n) is 9.72. The van der Waals surface area contributed by atoms with Crippen LogP contribution in [-0.2, 0) is 14.2 Å². The lowest BCUT2D eigenvalue weighted by Gasteiger charge is -2.42. The van der Waals surface area contributed by atoms with Crippen LogP contribution in [0.5, 0.6) is 5.75 Å². The second-order valence-corrected chi connectivity index (χ2v) is 10.1. The van der Waals surface area contributed by atoms with Gasteiger partial charge < -0.3 is 14.8 Å². The number of benzene rings is 1. The van der Waals surface area contributed by atoms with E-state index in [4.69, 9.17) is 16.3 Å². The van der Waals surface area contributed by atoms with Crippen LogP contribution in [0.4, 0.5) is 0 Å². The third-order valence-corrected chi connectivity index (χ3v) is 7.84. The summed E-state index contributed by atoms with van der Waals surface area (Å²) in [6.45, 7) is 6.55. The molecule has 0 unspecified atom stereocenters. The smallest absolute Gasteiger partial charge is 0.455 e. The Hall–Kier alpha value is -2.09. The van der Waals surface area contributed by atoms with Gasteiger partial charge in [0.15, 0.2) is 0 Å². The highest BCUT2D eigenvalue weighted by Crippen LogP contribution is 2.50. The average molecular weight is 486 g/mol. The molecule has 3 aliphatic rings. The highest BCUT2D eigenvalue weighted by molar-refractivity contribution is 6.43. The molecule has 2 N–H and O–H groups in total. The minimum atomic E-state index is -0.950. The number of nitrogens with zero attached hydrogens (tertiary/aromatic N) is 1. The number of allylic oxidation sites excluding steroid dienone is 2. The van der Waals surface area contributed by atoms with E-state index in [1.54, 1.807) is 12.1 Å². The van der Waals surface area contributed by atoms with Crippen LogP contribution in [0.15, 0.2) is 34.9 Å². The van der Waals surface area contributed by atoms with Crippen LogP contribution in [0.3, 0.4) is 0 Å². The van der Waals surface area contributed by atoms with Gasteiger partial charge in [-0.15, -0.1) is 0 Å². The number of imide groups is 1. The van der Waals surface area contributed by atoms with Crippen molar-refractivity contribution in [2.45, 2.75) is 65.3 Å². The molecular formula is C26H33BClNO5. The van der Waals surface area contributed by atoms with E-state index >= 15 is 0 Å². The number of phenolic OH excluding ortho intramolecular Hbond substituents is 1. The molecule has 6 nitrogen and oxygen atoms in total. The minimum absolute atomic E-state index is 0.0604. The molecule has 4 atom stereocenters.